The Labute approximate surface area is 132 Å². The molecule has 6 heteroatoms. The largest absolute Gasteiger partial charge is 0.382 e. The third kappa shape index (κ3) is 4.59. The SMILES string of the molecule is CCC(CC)CN(CC)c1snc(N)c1C(=O)NC(C)C. The minimum Gasteiger partial charge on any atom is -0.382 e. The van der Waals surface area contributed by atoms with E-state index in [0.717, 1.165) is 30.9 Å². The predicted octanol–water partition coefficient (Wildman–Crippen LogP) is 3.13. The zero-order valence-electron chi connectivity index (χ0n) is 13.8. The van der Waals surface area contributed by atoms with Crippen molar-refractivity contribution in [1.29, 1.82) is 0 Å². The third-order valence-corrected chi connectivity index (χ3v) is 4.57. The molecule has 0 unspecified atom stereocenters. The number of carbonyl (C=O) groups excluding carboxylic acids is 1. The fraction of sp³-hybridized carbons (Fsp3) is 0.733. The number of nitrogen functional groups attached to an aromatic ring is 1. The molecule has 0 aromatic carbocycles. The van der Waals surface area contributed by atoms with Gasteiger partial charge in [0.1, 0.15) is 10.6 Å². The van der Waals surface area contributed by atoms with Crippen molar-refractivity contribution in [2.45, 2.75) is 53.5 Å². The van der Waals surface area contributed by atoms with Gasteiger partial charge in [-0.2, -0.15) is 4.37 Å². The van der Waals surface area contributed by atoms with E-state index in [2.05, 4.69) is 35.4 Å². The van der Waals surface area contributed by atoms with Crippen LogP contribution in [0.25, 0.3) is 0 Å². The smallest absolute Gasteiger partial charge is 0.258 e. The molecule has 0 aliphatic carbocycles. The number of nitrogens with zero attached hydrogens (tertiary/aromatic N) is 2. The molecule has 0 aliphatic heterocycles. The van der Waals surface area contributed by atoms with Crippen molar-refractivity contribution >= 4 is 28.3 Å². The van der Waals surface area contributed by atoms with Crippen molar-refractivity contribution in [1.82, 2.24) is 9.69 Å². The van der Waals surface area contributed by atoms with E-state index in [9.17, 15) is 4.79 Å². The molecule has 0 aliphatic rings. The summed E-state index contributed by atoms with van der Waals surface area (Å²) < 4.78 is 4.19. The maximum Gasteiger partial charge on any atom is 0.258 e. The van der Waals surface area contributed by atoms with Crippen LogP contribution in [0.4, 0.5) is 10.8 Å². The quantitative estimate of drug-likeness (QED) is 0.773. The van der Waals surface area contributed by atoms with E-state index in [1.54, 1.807) is 0 Å². The monoisotopic (exact) mass is 312 g/mol. The lowest BCUT2D eigenvalue weighted by Crippen LogP contribution is -2.34. The van der Waals surface area contributed by atoms with Gasteiger partial charge in [0.15, 0.2) is 5.82 Å². The lowest BCUT2D eigenvalue weighted by molar-refractivity contribution is 0.0944. The summed E-state index contributed by atoms with van der Waals surface area (Å²) in [7, 11) is 0. The van der Waals surface area contributed by atoms with Crippen LogP contribution in [0, 0.1) is 5.92 Å². The van der Waals surface area contributed by atoms with Crippen LogP contribution in [-0.2, 0) is 0 Å². The van der Waals surface area contributed by atoms with Crippen LogP contribution in [0.3, 0.4) is 0 Å². The predicted molar refractivity (Wildman–Crippen MR) is 91.1 cm³/mol. The molecular weight excluding hydrogens is 284 g/mol. The van der Waals surface area contributed by atoms with Crippen molar-refractivity contribution in [3.05, 3.63) is 5.56 Å². The van der Waals surface area contributed by atoms with Crippen LogP contribution in [0.2, 0.25) is 0 Å². The van der Waals surface area contributed by atoms with Gasteiger partial charge in [0.05, 0.1) is 0 Å². The first-order chi connectivity index (χ1) is 9.94. The first-order valence-corrected chi connectivity index (χ1v) is 8.52. The molecule has 1 aromatic heterocycles. The van der Waals surface area contributed by atoms with Gasteiger partial charge in [0.25, 0.3) is 5.91 Å². The van der Waals surface area contributed by atoms with Crippen LogP contribution in [0.15, 0.2) is 0 Å². The second-order valence-electron chi connectivity index (χ2n) is 5.60. The van der Waals surface area contributed by atoms with Crippen molar-refractivity contribution in [2.75, 3.05) is 23.7 Å². The summed E-state index contributed by atoms with van der Waals surface area (Å²) in [5.41, 5.74) is 6.45. The average Bonchev–Trinajstić information content (AvgIpc) is 2.81. The molecule has 21 heavy (non-hydrogen) atoms. The highest BCUT2D eigenvalue weighted by atomic mass is 32.1. The molecule has 0 fully saturated rings. The van der Waals surface area contributed by atoms with Crippen LogP contribution >= 0.6 is 11.5 Å². The number of nitrogens with one attached hydrogen (secondary N) is 1. The number of hydrogen-bond donors (Lipinski definition) is 2. The topological polar surface area (TPSA) is 71.2 Å². The number of amides is 1. The zero-order chi connectivity index (χ0) is 16.0. The van der Waals surface area contributed by atoms with Gasteiger partial charge in [-0.15, -0.1) is 0 Å². The highest BCUT2D eigenvalue weighted by Crippen LogP contribution is 2.31. The number of rotatable bonds is 8. The average molecular weight is 312 g/mol. The van der Waals surface area contributed by atoms with E-state index in [1.165, 1.54) is 11.5 Å². The summed E-state index contributed by atoms with van der Waals surface area (Å²) in [6.45, 7) is 12.2. The molecule has 0 bridgehead atoms. The first-order valence-electron chi connectivity index (χ1n) is 7.75. The summed E-state index contributed by atoms with van der Waals surface area (Å²) in [6.07, 6.45) is 2.27. The van der Waals surface area contributed by atoms with Gasteiger partial charge >= 0.3 is 0 Å². The maximum atomic E-state index is 12.4. The Morgan fingerprint density at radius 1 is 1.33 bits per heavy atom. The number of nitrogens with two attached hydrogens (primary N) is 1. The van der Waals surface area contributed by atoms with Gasteiger partial charge in [-0.3, -0.25) is 4.79 Å². The van der Waals surface area contributed by atoms with E-state index in [-0.39, 0.29) is 11.9 Å². The molecule has 120 valence electrons. The van der Waals surface area contributed by atoms with Gasteiger partial charge in [0.2, 0.25) is 0 Å². The fourth-order valence-electron chi connectivity index (χ4n) is 2.27. The minimum absolute atomic E-state index is 0.0822. The second-order valence-corrected chi connectivity index (χ2v) is 6.35. The lowest BCUT2D eigenvalue weighted by Gasteiger charge is -2.26. The van der Waals surface area contributed by atoms with Gasteiger partial charge < -0.3 is 16.0 Å². The molecule has 3 N–H and O–H groups in total. The number of hydrogen-bond acceptors (Lipinski definition) is 5. The molecule has 0 spiro atoms. The maximum absolute atomic E-state index is 12.4. The van der Waals surface area contributed by atoms with Crippen molar-refractivity contribution < 1.29 is 4.79 Å². The Hall–Kier alpha value is -1.30. The standard InChI is InChI=1S/C15H28N4OS/c1-6-11(7-2)9-19(8-3)15-12(13(16)18-21-15)14(20)17-10(4)5/h10-11H,6-9H2,1-5H3,(H2,16,18)(H,17,20). The lowest BCUT2D eigenvalue weighted by atomic mass is 10.0. The fourth-order valence-corrected chi connectivity index (χ4v) is 3.15. The van der Waals surface area contributed by atoms with Crippen LogP contribution < -0.4 is 16.0 Å². The molecule has 0 atom stereocenters. The van der Waals surface area contributed by atoms with Gasteiger partial charge in [-0.1, -0.05) is 26.7 Å². The summed E-state index contributed by atoms with van der Waals surface area (Å²) >= 11 is 1.32. The summed E-state index contributed by atoms with van der Waals surface area (Å²) in [4.78, 5) is 14.6. The molecule has 5 nitrogen and oxygen atoms in total. The summed E-state index contributed by atoms with van der Waals surface area (Å²) in [6, 6.07) is 0.0822. The molecule has 0 radical (unpaired) electrons. The minimum atomic E-state index is -0.130. The van der Waals surface area contributed by atoms with E-state index >= 15 is 0 Å². The number of aromatic nitrogens is 1. The van der Waals surface area contributed by atoms with E-state index in [1.807, 2.05) is 13.8 Å². The molecule has 1 aromatic rings. The normalized spacial score (nSPS) is 11.2. The molecule has 1 amide bonds. The Kier molecular flexibility index (Phi) is 6.95. The Balaban J connectivity index is 3.02. The molecule has 1 rings (SSSR count). The third-order valence-electron chi connectivity index (χ3n) is 3.65. The molecule has 1 heterocycles. The van der Waals surface area contributed by atoms with Gasteiger partial charge in [0, 0.05) is 19.1 Å². The summed E-state index contributed by atoms with van der Waals surface area (Å²) in [5.74, 6) is 0.819. The van der Waals surface area contributed by atoms with E-state index in [4.69, 9.17) is 5.73 Å². The Bertz CT molecular complexity index is 455. The van der Waals surface area contributed by atoms with Crippen LogP contribution in [0.1, 0.15) is 57.8 Å². The van der Waals surface area contributed by atoms with Crippen molar-refractivity contribution in [3.8, 4) is 0 Å². The zero-order valence-corrected chi connectivity index (χ0v) is 14.6. The highest BCUT2D eigenvalue weighted by molar-refractivity contribution is 7.11. The Morgan fingerprint density at radius 2 is 1.95 bits per heavy atom. The van der Waals surface area contributed by atoms with E-state index < -0.39 is 0 Å². The van der Waals surface area contributed by atoms with Gasteiger partial charge in [-0.25, -0.2) is 0 Å². The van der Waals surface area contributed by atoms with E-state index in [0.29, 0.717) is 17.3 Å². The summed E-state index contributed by atoms with van der Waals surface area (Å²) in [5, 5.41) is 3.80. The van der Waals surface area contributed by atoms with Crippen LogP contribution in [0.5, 0.6) is 0 Å². The highest BCUT2D eigenvalue weighted by Gasteiger charge is 2.24. The number of carbonyl (C=O) groups is 1. The molecule has 0 saturated heterocycles. The van der Waals surface area contributed by atoms with Crippen molar-refractivity contribution in [2.24, 2.45) is 5.92 Å². The van der Waals surface area contributed by atoms with Crippen molar-refractivity contribution in [3.63, 3.8) is 0 Å². The van der Waals surface area contributed by atoms with Crippen LogP contribution in [-0.4, -0.2) is 29.4 Å². The first kappa shape index (κ1) is 17.8. The van der Waals surface area contributed by atoms with Gasteiger partial charge in [-0.05, 0) is 38.2 Å². The molecular formula is C15H28N4OS. The number of anilines is 2. The second kappa shape index (κ2) is 8.22. The molecule has 0 saturated carbocycles. The Morgan fingerprint density at radius 3 is 2.43 bits per heavy atom.